The van der Waals surface area contributed by atoms with E-state index in [9.17, 15) is 9.59 Å². The molecule has 0 bridgehead atoms. The molecule has 1 atom stereocenters. The minimum atomic E-state index is -0.136. The van der Waals surface area contributed by atoms with Crippen LogP contribution < -0.4 is 5.32 Å². The smallest absolute Gasteiger partial charge is 0.318 e. The number of hydrogen-bond acceptors (Lipinski definition) is 2. The number of aryl methyl sites for hydroxylation is 1. The number of hydrogen-bond donors (Lipinski definition) is 1. The van der Waals surface area contributed by atoms with Crippen LogP contribution in [0.15, 0.2) is 42.6 Å². The Morgan fingerprint density at radius 2 is 1.97 bits per heavy atom. The van der Waals surface area contributed by atoms with Crippen molar-refractivity contribution in [2.24, 2.45) is 0 Å². The average molecular weight is 395 g/mol. The van der Waals surface area contributed by atoms with Gasteiger partial charge in [-0.15, -0.1) is 0 Å². The van der Waals surface area contributed by atoms with Gasteiger partial charge in [0.05, 0.1) is 6.04 Å². The van der Waals surface area contributed by atoms with Crippen molar-refractivity contribution >= 4 is 11.9 Å². The van der Waals surface area contributed by atoms with Crippen molar-refractivity contribution in [2.45, 2.75) is 58.3 Å². The molecule has 4 rings (SSSR count). The zero-order valence-corrected chi connectivity index (χ0v) is 17.5. The number of nitrogens with zero attached hydrogens (tertiary/aromatic N) is 3. The van der Waals surface area contributed by atoms with Gasteiger partial charge < -0.3 is 19.7 Å². The molecule has 1 aliphatic heterocycles. The number of urea groups is 1. The van der Waals surface area contributed by atoms with Gasteiger partial charge in [-0.25, -0.2) is 4.79 Å². The number of nitrogens with one attached hydrogen (secondary N) is 1. The van der Waals surface area contributed by atoms with Crippen molar-refractivity contribution in [3.8, 4) is 0 Å². The molecule has 1 fully saturated rings. The second-order valence-corrected chi connectivity index (χ2v) is 8.49. The Labute approximate surface area is 172 Å². The average Bonchev–Trinajstić information content (AvgIpc) is 3.40. The van der Waals surface area contributed by atoms with Gasteiger partial charge in [0.1, 0.15) is 6.54 Å². The van der Waals surface area contributed by atoms with Gasteiger partial charge in [-0.2, -0.15) is 0 Å². The zero-order chi connectivity index (χ0) is 20.5. The Morgan fingerprint density at radius 1 is 1.17 bits per heavy atom. The standard InChI is InChI=1S/C23H30N4O2/c1-16(2)24-23(29)27(19-9-10-19)15-21(28)26-13-12-25-11-5-8-20(25)22(26)18-7-4-6-17(3)14-18/h4-8,11,14,16,19,22H,9-10,12-13,15H2,1-3H3,(H,24,29)/t22-/m1/s1. The summed E-state index contributed by atoms with van der Waals surface area (Å²) in [5.41, 5.74) is 3.41. The molecule has 154 valence electrons. The second-order valence-electron chi connectivity index (χ2n) is 8.49. The molecule has 1 aliphatic carbocycles. The fraction of sp³-hybridized carbons (Fsp3) is 0.478. The van der Waals surface area contributed by atoms with Crippen LogP contribution in [0, 0.1) is 6.92 Å². The highest BCUT2D eigenvalue weighted by Gasteiger charge is 2.38. The van der Waals surface area contributed by atoms with Crippen LogP contribution in [0.3, 0.4) is 0 Å². The van der Waals surface area contributed by atoms with E-state index in [0.29, 0.717) is 6.54 Å². The van der Waals surface area contributed by atoms with Crippen LogP contribution in [0.4, 0.5) is 4.79 Å². The first kappa shape index (κ1) is 19.6. The lowest BCUT2D eigenvalue weighted by Gasteiger charge is -2.38. The van der Waals surface area contributed by atoms with Crippen LogP contribution in [0.25, 0.3) is 0 Å². The van der Waals surface area contributed by atoms with E-state index in [1.807, 2.05) is 30.9 Å². The largest absolute Gasteiger partial charge is 0.348 e. The van der Waals surface area contributed by atoms with Gasteiger partial charge in [0.2, 0.25) is 5.91 Å². The molecule has 6 nitrogen and oxygen atoms in total. The number of carbonyl (C=O) groups is 2. The van der Waals surface area contributed by atoms with E-state index >= 15 is 0 Å². The Morgan fingerprint density at radius 3 is 2.66 bits per heavy atom. The quantitative estimate of drug-likeness (QED) is 0.846. The summed E-state index contributed by atoms with van der Waals surface area (Å²) in [6.07, 6.45) is 4.03. The highest BCUT2D eigenvalue weighted by Crippen LogP contribution is 2.34. The van der Waals surface area contributed by atoms with Crippen LogP contribution in [-0.2, 0) is 11.3 Å². The van der Waals surface area contributed by atoms with E-state index in [4.69, 9.17) is 0 Å². The fourth-order valence-electron chi connectivity index (χ4n) is 4.16. The molecule has 2 heterocycles. The maximum absolute atomic E-state index is 13.4. The highest BCUT2D eigenvalue weighted by molar-refractivity contribution is 5.85. The molecule has 0 unspecified atom stereocenters. The summed E-state index contributed by atoms with van der Waals surface area (Å²) in [4.78, 5) is 29.7. The molecule has 0 spiro atoms. The Bertz CT molecular complexity index is 900. The summed E-state index contributed by atoms with van der Waals surface area (Å²) in [5.74, 6) is 0.00904. The van der Waals surface area contributed by atoms with Gasteiger partial charge in [-0.3, -0.25) is 4.79 Å². The summed E-state index contributed by atoms with van der Waals surface area (Å²) in [6, 6.07) is 12.5. The molecule has 1 aromatic heterocycles. The molecule has 2 aromatic rings. The van der Waals surface area contributed by atoms with Gasteiger partial charge in [-0.05, 0) is 51.3 Å². The van der Waals surface area contributed by atoms with E-state index in [-0.39, 0.29) is 36.6 Å². The van der Waals surface area contributed by atoms with Crippen molar-refractivity contribution in [1.82, 2.24) is 19.7 Å². The molecule has 0 radical (unpaired) electrons. The summed E-state index contributed by atoms with van der Waals surface area (Å²) < 4.78 is 2.22. The predicted octanol–water partition coefficient (Wildman–Crippen LogP) is 3.31. The topological polar surface area (TPSA) is 57.6 Å². The summed E-state index contributed by atoms with van der Waals surface area (Å²) in [7, 11) is 0. The molecule has 0 saturated heterocycles. The van der Waals surface area contributed by atoms with Crippen molar-refractivity contribution in [1.29, 1.82) is 0 Å². The lowest BCUT2D eigenvalue weighted by molar-refractivity contribution is -0.134. The number of amides is 3. The molecular weight excluding hydrogens is 364 g/mol. The van der Waals surface area contributed by atoms with Gasteiger partial charge in [0.15, 0.2) is 0 Å². The molecule has 1 saturated carbocycles. The second kappa shape index (κ2) is 7.93. The van der Waals surface area contributed by atoms with Crippen molar-refractivity contribution in [3.05, 3.63) is 59.4 Å². The van der Waals surface area contributed by atoms with Crippen LogP contribution in [-0.4, -0.2) is 51.5 Å². The Balaban J connectivity index is 1.60. The monoisotopic (exact) mass is 394 g/mol. The fourth-order valence-corrected chi connectivity index (χ4v) is 4.16. The van der Waals surface area contributed by atoms with Crippen molar-refractivity contribution in [2.75, 3.05) is 13.1 Å². The molecular formula is C23H30N4O2. The summed E-state index contributed by atoms with van der Waals surface area (Å²) in [6.45, 7) is 7.50. The van der Waals surface area contributed by atoms with Crippen LogP contribution in [0.5, 0.6) is 0 Å². The highest BCUT2D eigenvalue weighted by atomic mass is 16.2. The summed E-state index contributed by atoms with van der Waals surface area (Å²) in [5, 5.41) is 2.95. The molecule has 3 amide bonds. The van der Waals surface area contributed by atoms with Crippen LogP contribution >= 0.6 is 0 Å². The SMILES string of the molecule is Cc1cccc([C@@H]2c3cccn3CCN2C(=O)CN(C(=O)NC(C)C)C2CC2)c1. The zero-order valence-electron chi connectivity index (χ0n) is 17.5. The minimum absolute atomic E-state index is 0.00904. The minimum Gasteiger partial charge on any atom is -0.348 e. The lowest BCUT2D eigenvalue weighted by atomic mass is 9.98. The van der Waals surface area contributed by atoms with E-state index in [1.54, 1.807) is 4.90 Å². The van der Waals surface area contributed by atoms with Gasteiger partial charge in [0, 0.05) is 37.1 Å². The molecule has 29 heavy (non-hydrogen) atoms. The third-order valence-electron chi connectivity index (χ3n) is 5.68. The Hall–Kier alpha value is -2.76. The van der Waals surface area contributed by atoms with Crippen LogP contribution in [0.2, 0.25) is 0 Å². The van der Waals surface area contributed by atoms with E-state index in [1.165, 1.54) is 5.56 Å². The van der Waals surface area contributed by atoms with Gasteiger partial charge in [0.25, 0.3) is 0 Å². The summed E-state index contributed by atoms with van der Waals surface area (Å²) >= 11 is 0. The van der Waals surface area contributed by atoms with Crippen LogP contribution in [0.1, 0.15) is 49.6 Å². The first-order valence-electron chi connectivity index (χ1n) is 10.5. The third kappa shape index (κ3) is 4.16. The molecule has 6 heteroatoms. The van der Waals surface area contributed by atoms with E-state index < -0.39 is 0 Å². The number of fused-ring (bicyclic) bond motifs is 1. The van der Waals surface area contributed by atoms with E-state index in [0.717, 1.165) is 30.6 Å². The number of rotatable bonds is 5. The van der Waals surface area contributed by atoms with Gasteiger partial charge >= 0.3 is 6.03 Å². The predicted molar refractivity (Wildman–Crippen MR) is 113 cm³/mol. The molecule has 1 aromatic carbocycles. The van der Waals surface area contributed by atoms with Gasteiger partial charge in [-0.1, -0.05) is 29.8 Å². The maximum atomic E-state index is 13.4. The normalized spacial score (nSPS) is 18.5. The van der Waals surface area contributed by atoms with Crippen molar-refractivity contribution in [3.63, 3.8) is 0 Å². The molecule has 2 aliphatic rings. The maximum Gasteiger partial charge on any atom is 0.318 e. The number of carbonyl (C=O) groups excluding carboxylic acids is 2. The molecule has 1 N–H and O–H groups in total. The first-order valence-corrected chi connectivity index (χ1v) is 10.5. The number of aromatic nitrogens is 1. The lowest BCUT2D eigenvalue weighted by Crippen LogP contribution is -2.51. The first-order chi connectivity index (χ1) is 13.9. The number of benzene rings is 1. The van der Waals surface area contributed by atoms with Crippen molar-refractivity contribution < 1.29 is 9.59 Å². The third-order valence-corrected chi connectivity index (χ3v) is 5.68. The Kier molecular flexibility index (Phi) is 5.35. The van der Waals surface area contributed by atoms with E-state index in [2.05, 4.69) is 47.3 Å².